The second-order valence-corrected chi connectivity index (χ2v) is 40.6. The molecule has 6 amide bonds. The van der Waals surface area contributed by atoms with Gasteiger partial charge in [-0.15, -0.1) is 0 Å². The van der Waals surface area contributed by atoms with Gasteiger partial charge in [-0.25, -0.2) is 43.1 Å². The number of amides is 6. The lowest BCUT2D eigenvalue weighted by Gasteiger charge is -2.40. The molecule has 1 aliphatic carbocycles. The number of ether oxygens (including phenoxy) is 3. The van der Waals surface area contributed by atoms with E-state index in [4.69, 9.17) is 14.2 Å². The first-order valence-electron chi connectivity index (χ1n) is 50.4. The van der Waals surface area contributed by atoms with Crippen molar-refractivity contribution in [1.82, 2.24) is 99.9 Å². The summed E-state index contributed by atoms with van der Waals surface area (Å²) < 4.78 is 57.6. The maximum absolute atomic E-state index is 13.8. The minimum absolute atomic E-state index is 0.0120. The quantitative estimate of drug-likeness (QED) is 0.0293. The largest absolute Gasteiger partial charge is 0.367 e. The van der Waals surface area contributed by atoms with Gasteiger partial charge in [0.05, 0.1) is 41.9 Å². The van der Waals surface area contributed by atoms with Crippen LogP contribution in [0.3, 0.4) is 0 Å². The zero-order chi connectivity index (χ0) is 102. The topological polar surface area (TPSA) is 375 Å². The van der Waals surface area contributed by atoms with Gasteiger partial charge in [-0.2, -0.15) is 15.3 Å². The van der Waals surface area contributed by atoms with Crippen LogP contribution in [-0.2, 0) is 59.2 Å². The molecule has 7 aliphatic rings. The molecule has 6 N–H and O–H groups in total. The molecule has 3 atom stereocenters. The molecule has 0 bridgehead atoms. The molecule has 148 heavy (non-hydrogen) atoms. The number of hydrogen-bond acceptors (Lipinski definition) is 23. The average Bonchev–Trinajstić information content (AvgIpc) is 1.77. The van der Waals surface area contributed by atoms with E-state index in [9.17, 15) is 41.9 Å². The Morgan fingerprint density at radius 1 is 0.358 bits per heavy atom. The molecule has 1 saturated carbocycles. The standard InChI is InChI=1S/C39H42N8O3.C37H38F2N8O3.C37H38FN7O3/c1-38(29-8-6-27(7-9-29)36-41-16-3-17-42-36)13-20-47(21-14-38)34(48)24-46-19-15-39(25-46,50-2)37(49)43-30-10-11-32-31(23-30)35(45-44-32)28-12-18-40-33(22-28)26-4-5-26;1-36(26-6-4-24(5-7-26)34-41-14-3-15-42-34)11-18-47(19-12-36)31(48)22-46-17-13-37(23-46,50-2)35(49)43-27-8-9-29-28(21-27)32(45-44-29)25-10-16-40-30(20-25)33(38)39;1-36(27-8-4-26(5-9-27)34-39-17-3-18-40-34)14-20-45(21-15-36)32(46)23-44-19-16-37(24-44,48-2)35(47)41-29-12-13-31-30(22-29)33(43-42-31)25-6-10-28(38)11-7-25/h3,6-12,16-18,22-23,26H,4-5,13-15,19-21,24-25H2,1-2H3,(H,43,49)(H,44,45);3-10,14-16,20-21,33H,11-13,17-19,22-23H2,1-2H3,(H,43,49)(H,44,45);3-13,17-18,22H,14-16,19-21,23-24H2,1-2H3,(H,41,47)(H,42,43)/t39-;2*37-/m000/s1. The van der Waals surface area contributed by atoms with Crippen LogP contribution in [0.15, 0.2) is 244 Å². The van der Waals surface area contributed by atoms with Crippen LogP contribution in [0.25, 0.3) is 101 Å². The highest BCUT2D eigenvalue weighted by Crippen LogP contribution is 2.45. The maximum Gasteiger partial charge on any atom is 0.280 e. The number of nitrogens with one attached hydrogen (secondary N) is 6. The van der Waals surface area contributed by atoms with E-state index in [0.717, 1.165) is 105 Å². The van der Waals surface area contributed by atoms with Crippen molar-refractivity contribution in [2.75, 3.05) is 135 Å². The number of benzene rings is 7. The number of aromatic amines is 3. The number of rotatable bonds is 26. The van der Waals surface area contributed by atoms with Crippen molar-refractivity contribution in [3.05, 3.63) is 278 Å². The fraction of sp³-hybridized carbons (Fsp3) is 0.354. The van der Waals surface area contributed by atoms with Crippen molar-refractivity contribution in [3.63, 3.8) is 0 Å². The Balaban J connectivity index is 0.000000135. The SMILES string of the molecule is CO[C@@]1(C(=O)Nc2ccc3[nH]nc(-c4ccc(F)cc4)c3c2)CCN(CC(=O)N2CCC(C)(c3ccc(-c4ncccn4)cc3)CC2)C1.CO[C@@]1(C(=O)Nc2ccc3[nH]nc(-c4ccnc(C(F)F)c4)c3c2)CCN(CC(=O)N2CCC(C)(c3ccc(-c4ncccn4)cc3)CC2)C1.CO[C@@]1(C(=O)Nc2ccc3[nH]nc(-c4ccnc(C5CC5)c4)c3c2)CCN(CC(=O)N2CCC(C)(c3ccc(-c4ncccn4)cc3)CC2)C1. The van der Waals surface area contributed by atoms with Crippen molar-refractivity contribution in [2.45, 2.75) is 137 Å². The number of halogens is 3. The summed E-state index contributed by atoms with van der Waals surface area (Å²) >= 11 is 0. The Bertz CT molecular complexity index is 7030. The summed E-state index contributed by atoms with van der Waals surface area (Å²) in [5, 5.41) is 33.9. The van der Waals surface area contributed by atoms with Crippen LogP contribution in [0.1, 0.15) is 132 Å². The normalized spacial score (nSPS) is 19.8. The van der Waals surface area contributed by atoms with Gasteiger partial charge in [0.25, 0.3) is 24.1 Å². The number of anilines is 3. The van der Waals surface area contributed by atoms with E-state index in [1.54, 1.807) is 99.9 Å². The number of carbonyl (C=O) groups excluding carboxylic acids is 6. The molecule has 0 radical (unpaired) electrons. The maximum atomic E-state index is 13.8. The van der Waals surface area contributed by atoms with E-state index in [-0.39, 0.29) is 89.4 Å². The van der Waals surface area contributed by atoms with Gasteiger partial charge in [0.1, 0.15) is 22.9 Å². The molecular weight excluding hydrogens is 1880 g/mol. The molecule has 35 heteroatoms. The summed E-state index contributed by atoms with van der Waals surface area (Å²) in [7, 11) is 4.63. The Morgan fingerprint density at radius 3 is 0.986 bits per heavy atom. The van der Waals surface area contributed by atoms with Gasteiger partial charge in [0.15, 0.2) is 34.3 Å². The van der Waals surface area contributed by atoms with Gasteiger partial charge in [-0.1, -0.05) is 93.6 Å². The highest BCUT2D eigenvalue weighted by Gasteiger charge is 2.50. The minimum Gasteiger partial charge on any atom is -0.367 e. The van der Waals surface area contributed by atoms with Gasteiger partial charge in [0.2, 0.25) is 17.7 Å². The van der Waals surface area contributed by atoms with Gasteiger partial charge >= 0.3 is 0 Å². The number of piperidine rings is 3. The van der Waals surface area contributed by atoms with Crippen LogP contribution >= 0.6 is 0 Å². The summed E-state index contributed by atoms with van der Waals surface area (Å²) in [5.74, 6) is 1.76. The second-order valence-electron chi connectivity index (χ2n) is 40.6. The third kappa shape index (κ3) is 21.6. The number of fused-ring (bicyclic) bond motifs is 3. The Labute approximate surface area is 854 Å². The molecule has 14 heterocycles. The van der Waals surface area contributed by atoms with Crippen LogP contribution in [0.4, 0.5) is 30.2 Å². The fourth-order valence-electron chi connectivity index (χ4n) is 21.4. The van der Waals surface area contributed by atoms with Crippen LogP contribution in [0.2, 0.25) is 0 Å². The first kappa shape index (κ1) is 100. The van der Waals surface area contributed by atoms with Gasteiger partial charge in [0, 0.05) is 228 Å². The first-order valence-corrected chi connectivity index (χ1v) is 50.4. The number of hydrogen-bond donors (Lipinski definition) is 6. The zero-order valence-electron chi connectivity index (χ0n) is 83.5. The lowest BCUT2D eigenvalue weighted by molar-refractivity contribution is -0.138. The number of methoxy groups -OCH3 is 3. The number of pyridine rings is 2. The van der Waals surface area contributed by atoms with Crippen LogP contribution in [0.5, 0.6) is 0 Å². The average molecular weight is 2000 g/mol. The molecule has 8 aromatic heterocycles. The summed E-state index contributed by atoms with van der Waals surface area (Å²) in [5.41, 5.74) is 12.5. The number of alkyl halides is 2. The fourth-order valence-corrected chi connectivity index (χ4v) is 21.4. The smallest absolute Gasteiger partial charge is 0.280 e. The minimum atomic E-state index is -2.71. The molecule has 0 unspecified atom stereocenters. The molecule has 15 aromatic rings. The van der Waals surface area contributed by atoms with Crippen LogP contribution < -0.4 is 16.0 Å². The summed E-state index contributed by atoms with van der Waals surface area (Å²) in [6.07, 6.45) is 19.9. The lowest BCUT2D eigenvalue weighted by atomic mass is 9.74. The van der Waals surface area contributed by atoms with E-state index in [2.05, 4.69) is 186 Å². The number of nitrogens with zero attached hydrogens (tertiary/aromatic N) is 17. The third-order valence-corrected chi connectivity index (χ3v) is 31.2. The van der Waals surface area contributed by atoms with E-state index in [1.165, 1.54) is 61.0 Å². The molecule has 22 rings (SSSR count). The number of likely N-dealkylation sites (tertiary alicyclic amines) is 6. The predicted octanol–water partition coefficient (Wildman–Crippen LogP) is 16.6. The van der Waals surface area contributed by atoms with Crippen LogP contribution in [-0.4, -0.2) is 272 Å². The predicted molar refractivity (Wildman–Crippen MR) is 557 cm³/mol. The molecule has 6 saturated heterocycles. The summed E-state index contributed by atoms with van der Waals surface area (Å²) in [6.45, 7) is 14.2. The zero-order valence-corrected chi connectivity index (χ0v) is 83.5. The van der Waals surface area contributed by atoms with Gasteiger partial charge in [-0.3, -0.25) is 68.7 Å². The van der Waals surface area contributed by atoms with Crippen molar-refractivity contribution in [1.29, 1.82) is 0 Å². The molecule has 7 aromatic carbocycles. The number of H-pyrrole nitrogens is 3. The molecule has 760 valence electrons. The van der Waals surface area contributed by atoms with Crippen molar-refractivity contribution < 1.29 is 56.1 Å². The van der Waals surface area contributed by atoms with Crippen molar-refractivity contribution in [2.24, 2.45) is 0 Å². The van der Waals surface area contributed by atoms with Gasteiger partial charge < -0.3 is 44.9 Å². The van der Waals surface area contributed by atoms with E-state index in [1.807, 2.05) is 84.1 Å². The first-order chi connectivity index (χ1) is 71.7. The Morgan fingerprint density at radius 2 is 0.669 bits per heavy atom. The molecule has 0 spiro atoms. The summed E-state index contributed by atoms with van der Waals surface area (Å²) in [4.78, 5) is 128. The lowest BCUT2D eigenvalue weighted by Crippen LogP contribution is -2.49. The van der Waals surface area contributed by atoms with Crippen molar-refractivity contribution >= 4 is 85.2 Å². The number of carbonyl (C=O) groups is 6. The molecule has 32 nitrogen and oxygen atoms in total. The Hall–Kier alpha value is -15.1. The molecule has 6 aliphatic heterocycles. The molecular formula is C113H118F3N23O9. The molecule has 7 fully saturated rings. The van der Waals surface area contributed by atoms with Gasteiger partial charge in [-0.05, 0) is 225 Å². The second kappa shape index (κ2) is 42.7. The Kier molecular flexibility index (Phi) is 28.9. The summed E-state index contributed by atoms with van der Waals surface area (Å²) in [6, 6.07) is 60.5. The van der Waals surface area contributed by atoms with Crippen molar-refractivity contribution in [3.8, 4) is 67.9 Å². The van der Waals surface area contributed by atoms with E-state index >= 15 is 0 Å². The third-order valence-electron chi connectivity index (χ3n) is 31.2. The highest BCUT2D eigenvalue weighted by molar-refractivity contribution is 6.05. The number of aromatic nitrogens is 14. The highest BCUT2D eigenvalue weighted by atomic mass is 19.3. The van der Waals surface area contributed by atoms with E-state index < -0.39 is 23.2 Å². The monoisotopic (exact) mass is 2000 g/mol. The van der Waals surface area contributed by atoms with E-state index in [0.29, 0.717) is 154 Å². The van der Waals surface area contributed by atoms with Crippen LogP contribution in [0, 0.1) is 5.82 Å².